The van der Waals surface area contributed by atoms with Crippen LogP contribution in [0.15, 0.2) is 138 Å². The fraction of sp³-hybridized carbons (Fsp3) is 0.128. The molecule has 0 saturated carbocycles. The lowest BCUT2D eigenvalue weighted by Crippen LogP contribution is -2.42. The van der Waals surface area contributed by atoms with E-state index in [-0.39, 0.29) is 28.4 Å². The van der Waals surface area contributed by atoms with E-state index in [0.29, 0.717) is 16.3 Å². The van der Waals surface area contributed by atoms with Gasteiger partial charge in [0.25, 0.3) is 11.8 Å². The minimum Gasteiger partial charge on any atom is -0.344 e. The van der Waals surface area contributed by atoms with E-state index in [1.165, 1.54) is 4.90 Å². The van der Waals surface area contributed by atoms with Crippen LogP contribution in [0.25, 0.3) is 11.8 Å². The summed E-state index contributed by atoms with van der Waals surface area (Å²) in [5.41, 5.74) is 5.57. The molecule has 0 fully saturated rings. The highest BCUT2D eigenvalue weighted by atomic mass is 35.5. The third-order valence-electron chi connectivity index (χ3n) is 7.75. The van der Waals surface area contributed by atoms with Gasteiger partial charge in [0.2, 0.25) is 5.91 Å². The SMILES string of the molecule is C=C/C=C\C(=C/C)N1C(=O)/C(=C/c2cc(C)n(-c3cccc(Cl)c3)c2C)C(=O)N=C1SCC(=O)NC(c1ccccc1)c1ccccc1. The van der Waals surface area contributed by atoms with Gasteiger partial charge in [-0.25, -0.2) is 0 Å². The van der Waals surface area contributed by atoms with Crippen molar-refractivity contribution in [3.05, 3.63) is 166 Å². The fourth-order valence-electron chi connectivity index (χ4n) is 5.49. The first kappa shape index (κ1) is 34.2. The normalized spacial score (nSPS) is 14.6. The number of carbonyl (C=O) groups is 3. The molecule has 2 heterocycles. The Bertz CT molecular complexity index is 1940. The smallest absolute Gasteiger partial charge is 0.285 e. The molecule has 0 unspecified atom stereocenters. The average molecular weight is 675 g/mol. The number of carbonyl (C=O) groups excluding carboxylic acids is 3. The van der Waals surface area contributed by atoms with Crippen LogP contribution in [0.2, 0.25) is 5.02 Å². The highest BCUT2D eigenvalue weighted by molar-refractivity contribution is 8.14. The summed E-state index contributed by atoms with van der Waals surface area (Å²) in [5, 5.41) is 3.82. The molecule has 4 aromatic rings. The number of nitrogens with one attached hydrogen (secondary N) is 1. The Morgan fingerprint density at radius 2 is 1.65 bits per heavy atom. The predicted molar refractivity (Wildman–Crippen MR) is 196 cm³/mol. The van der Waals surface area contributed by atoms with Crippen molar-refractivity contribution in [3.63, 3.8) is 0 Å². The van der Waals surface area contributed by atoms with Crippen LogP contribution in [0, 0.1) is 13.8 Å². The summed E-state index contributed by atoms with van der Waals surface area (Å²) >= 11 is 7.28. The lowest BCUT2D eigenvalue weighted by atomic mass is 9.99. The lowest BCUT2D eigenvalue weighted by molar-refractivity contribution is -0.126. The lowest BCUT2D eigenvalue weighted by Gasteiger charge is -2.28. The predicted octanol–water partition coefficient (Wildman–Crippen LogP) is 8.14. The molecule has 0 atom stereocenters. The molecule has 48 heavy (non-hydrogen) atoms. The number of hydrogen-bond acceptors (Lipinski definition) is 4. The average Bonchev–Trinajstić information content (AvgIpc) is 3.38. The molecule has 1 aliphatic rings. The Hall–Kier alpha value is -5.18. The van der Waals surface area contributed by atoms with E-state index in [2.05, 4.69) is 16.9 Å². The van der Waals surface area contributed by atoms with E-state index in [1.54, 1.807) is 43.4 Å². The molecule has 0 saturated heterocycles. The first-order valence-corrected chi connectivity index (χ1v) is 16.7. The molecule has 3 amide bonds. The molecule has 0 radical (unpaired) electrons. The minimum absolute atomic E-state index is 0.0753. The van der Waals surface area contributed by atoms with Crippen LogP contribution in [0.5, 0.6) is 0 Å². The molecule has 1 aromatic heterocycles. The maximum atomic E-state index is 14.1. The van der Waals surface area contributed by atoms with Crippen molar-refractivity contribution in [1.82, 2.24) is 14.8 Å². The van der Waals surface area contributed by atoms with Crippen LogP contribution in [-0.2, 0) is 14.4 Å². The van der Waals surface area contributed by atoms with Crippen LogP contribution < -0.4 is 5.32 Å². The third kappa shape index (κ3) is 7.68. The largest absolute Gasteiger partial charge is 0.344 e. The van der Waals surface area contributed by atoms with Crippen LogP contribution in [0.4, 0.5) is 0 Å². The van der Waals surface area contributed by atoms with E-state index < -0.39 is 11.8 Å². The van der Waals surface area contributed by atoms with Crippen molar-refractivity contribution in [2.24, 2.45) is 4.99 Å². The molecule has 7 nitrogen and oxygen atoms in total. The molecule has 0 aliphatic carbocycles. The summed E-state index contributed by atoms with van der Waals surface area (Å²) in [7, 11) is 0. The number of aliphatic imine (C=N–C) groups is 1. The first-order valence-electron chi connectivity index (χ1n) is 15.3. The van der Waals surface area contributed by atoms with Gasteiger partial charge < -0.3 is 9.88 Å². The van der Waals surface area contributed by atoms with Crippen LogP contribution >= 0.6 is 23.4 Å². The Kier molecular flexibility index (Phi) is 11.1. The van der Waals surface area contributed by atoms with Gasteiger partial charge in [0.1, 0.15) is 5.57 Å². The van der Waals surface area contributed by atoms with Crippen LogP contribution in [-0.4, -0.2) is 38.1 Å². The summed E-state index contributed by atoms with van der Waals surface area (Å²) in [4.78, 5) is 46.8. The molecule has 3 aromatic carbocycles. The van der Waals surface area contributed by atoms with Crippen molar-refractivity contribution in [2.75, 3.05) is 5.75 Å². The van der Waals surface area contributed by atoms with Gasteiger partial charge >= 0.3 is 0 Å². The number of benzene rings is 3. The second-order valence-corrected chi connectivity index (χ2v) is 12.3. The Morgan fingerprint density at radius 1 is 0.979 bits per heavy atom. The third-order valence-corrected chi connectivity index (χ3v) is 8.92. The summed E-state index contributed by atoms with van der Waals surface area (Å²) < 4.78 is 2.01. The number of amides is 3. The van der Waals surface area contributed by atoms with Gasteiger partial charge in [-0.1, -0.05) is 115 Å². The number of aryl methyl sites for hydroxylation is 1. The Balaban J connectivity index is 1.45. The second kappa shape index (κ2) is 15.6. The minimum atomic E-state index is -0.679. The number of nitrogens with zero attached hydrogens (tertiary/aromatic N) is 3. The monoisotopic (exact) mass is 674 g/mol. The summed E-state index contributed by atoms with van der Waals surface area (Å²) in [6.45, 7) is 9.39. The van der Waals surface area contributed by atoms with E-state index in [1.807, 2.05) is 103 Å². The zero-order valence-electron chi connectivity index (χ0n) is 26.9. The van der Waals surface area contributed by atoms with Gasteiger partial charge in [0, 0.05) is 27.8 Å². The molecule has 0 spiro atoms. The number of aromatic nitrogens is 1. The summed E-state index contributed by atoms with van der Waals surface area (Å²) in [6, 6.07) is 28.4. The molecule has 1 N–H and O–H groups in total. The molecule has 5 rings (SSSR count). The van der Waals surface area contributed by atoms with Crippen molar-refractivity contribution >= 4 is 52.3 Å². The topological polar surface area (TPSA) is 83.8 Å². The van der Waals surface area contributed by atoms with E-state index in [0.717, 1.165) is 40.0 Å². The van der Waals surface area contributed by atoms with Crippen LogP contribution in [0.1, 0.15) is 41.0 Å². The molecular weight excluding hydrogens is 640 g/mol. The second-order valence-electron chi connectivity index (χ2n) is 11.0. The standard InChI is InChI=1S/C39H35ClN4O3S/c1-5-7-20-32(6-2)44-38(47)34(23-30-22-26(3)43(27(30)4)33-21-14-19-31(40)24-33)37(46)42-39(44)48-25-35(45)41-36(28-15-10-8-11-16-28)29-17-12-9-13-18-29/h5-24,36H,1,25H2,2-4H3,(H,41,45)/b20-7-,32-6+,34-23+. The quantitative estimate of drug-likeness (QED) is 0.105. The van der Waals surface area contributed by atoms with Gasteiger partial charge in [-0.05, 0) is 73.9 Å². The summed E-state index contributed by atoms with van der Waals surface area (Å²) in [5.74, 6) is -1.58. The number of thioether (sulfide) groups is 1. The maximum Gasteiger partial charge on any atom is 0.285 e. The van der Waals surface area contributed by atoms with Crippen LogP contribution in [0.3, 0.4) is 0 Å². The van der Waals surface area contributed by atoms with Crippen molar-refractivity contribution in [1.29, 1.82) is 0 Å². The van der Waals surface area contributed by atoms with E-state index >= 15 is 0 Å². The van der Waals surface area contributed by atoms with E-state index in [4.69, 9.17) is 11.6 Å². The zero-order valence-corrected chi connectivity index (χ0v) is 28.5. The van der Waals surface area contributed by atoms with Gasteiger partial charge in [-0.2, -0.15) is 4.99 Å². The number of allylic oxidation sites excluding steroid dienone is 4. The number of rotatable bonds is 10. The number of amidine groups is 1. The Labute approximate surface area is 290 Å². The molecule has 9 heteroatoms. The Morgan fingerprint density at radius 3 is 2.25 bits per heavy atom. The molecule has 242 valence electrons. The van der Waals surface area contributed by atoms with Crippen molar-refractivity contribution in [2.45, 2.75) is 26.8 Å². The number of halogens is 1. The highest BCUT2D eigenvalue weighted by Gasteiger charge is 2.35. The highest BCUT2D eigenvalue weighted by Crippen LogP contribution is 2.29. The molecule has 1 aliphatic heterocycles. The first-order chi connectivity index (χ1) is 23.2. The maximum absolute atomic E-state index is 14.1. The van der Waals surface area contributed by atoms with Gasteiger partial charge in [-0.15, -0.1) is 0 Å². The fourth-order valence-corrected chi connectivity index (χ4v) is 6.49. The van der Waals surface area contributed by atoms with Crippen molar-refractivity contribution in [3.8, 4) is 5.69 Å². The number of hydrogen-bond donors (Lipinski definition) is 1. The van der Waals surface area contributed by atoms with E-state index in [9.17, 15) is 14.4 Å². The molecule has 0 bridgehead atoms. The van der Waals surface area contributed by atoms with Gasteiger partial charge in [0.05, 0.1) is 11.8 Å². The van der Waals surface area contributed by atoms with Crippen molar-refractivity contribution < 1.29 is 14.4 Å². The zero-order chi connectivity index (χ0) is 34.2. The van der Waals surface area contributed by atoms with Gasteiger partial charge in [-0.3, -0.25) is 19.3 Å². The van der Waals surface area contributed by atoms with Gasteiger partial charge in [0.15, 0.2) is 5.17 Å². The summed E-state index contributed by atoms with van der Waals surface area (Å²) in [6.07, 6.45) is 8.32. The molecular formula is C39H35ClN4O3S.